The largest absolute Gasteiger partial charge is 0.344 e. The summed E-state index contributed by atoms with van der Waals surface area (Å²) in [5.74, 6) is -1.37. The van der Waals surface area contributed by atoms with Gasteiger partial charge in [0.15, 0.2) is 0 Å². The van der Waals surface area contributed by atoms with Gasteiger partial charge in [-0.05, 0) is 47.9 Å². The Labute approximate surface area is 147 Å². The van der Waals surface area contributed by atoms with Crippen LogP contribution in [0.1, 0.15) is 27.7 Å². The van der Waals surface area contributed by atoms with E-state index in [0.717, 1.165) is 0 Å². The second kappa shape index (κ2) is 7.69. The Bertz CT molecular complexity index is 968. The molecule has 0 unspecified atom stereocenters. The molecule has 0 aliphatic carbocycles. The molecule has 0 radical (unpaired) electrons. The Morgan fingerprint density at radius 1 is 1.04 bits per heavy atom. The monoisotopic (exact) mass is 355 g/mol. The van der Waals surface area contributed by atoms with Gasteiger partial charge in [0.2, 0.25) is 0 Å². The van der Waals surface area contributed by atoms with Crippen LogP contribution in [0.2, 0.25) is 0 Å². The van der Waals surface area contributed by atoms with Gasteiger partial charge in [-0.2, -0.15) is 5.10 Å². The Hall–Kier alpha value is -3.35. The molecule has 5 nitrogen and oxygen atoms in total. The number of carbonyl (C=O) groups excluding carboxylic acids is 1. The number of H-pyrrole nitrogens is 1. The lowest BCUT2D eigenvalue weighted by atomic mass is 9.98. The van der Waals surface area contributed by atoms with Gasteiger partial charge in [0.05, 0.1) is 6.04 Å². The fourth-order valence-electron chi connectivity index (χ4n) is 2.58. The predicted octanol–water partition coefficient (Wildman–Crippen LogP) is 2.76. The highest BCUT2D eigenvalue weighted by molar-refractivity contribution is 5.92. The first-order chi connectivity index (χ1) is 12.5. The van der Waals surface area contributed by atoms with Crippen molar-refractivity contribution < 1.29 is 13.6 Å². The summed E-state index contributed by atoms with van der Waals surface area (Å²) in [6.07, 6.45) is 0.260. The molecule has 3 aromatic rings. The van der Waals surface area contributed by atoms with Gasteiger partial charge in [0, 0.05) is 6.07 Å². The lowest BCUT2D eigenvalue weighted by Gasteiger charge is -2.19. The summed E-state index contributed by atoms with van der Waals surface area (Å²) in [6.45, 7) is 0. The minimum atomic E-state index is -0.603. The van der Waals surface area contributed by atoms with Gasteiger partial charge in [-0.3, -0.25) is 9.59 Å². The van der Waals surface area contributed by atoms with Crippen molar-refractivity contribution in [2.24, 2.45) is 0 Å². The molecule has 0 aliphatic heterocycles. The van der Waals surface area contributed by atoms with Crippen molar-refractivity contribution in [3.05, 3.63) is 99.5 Å². The molecule has 0 fully saturated rings. The molecule has 0 bridgehead atoms. The topological polar surface area (TPSA) is 74.8 Å². The summed E-state index contributed by atoms with van der Waals surface area (Å²) < 4.78 is 27.1. The van der Waals surface area contributed by atoms with Crippen LogP contribution in [0.15, 0.2) is 65.5 Å². The first-order valence-electron chi connectivity index (χ1n) is 7.88. The molecule has 2 aromatic carbocycles. The van der Waals surface area contributed by atoms with Gasteiger partial charge in [0.1, 0.15) is 17.3 Å². The van der Waals surface area contributed by atoms with Crippen LogP contribution >= 0.6 is 0 Å². The number of benzene rings is 2. The lowest BCUT2D eigenvalue weighted by molar-refractivity contribution is 0.0930. The van der Waals surface area contributed by atoms with Crippen LogP contribution < -0.4 is 10.9 Å². The Balaban J connectivity index is 1.88. The standard InChI is InChI=1S/C19H15F2N3O2/c20-14-5-1-3-12(9-14)10-17(13-4-2-6-15(21)11-13)22-19(26)16-7-8-18(25)24-23-16/h1-9,11,17H,10H2,(H,22,26)(H,24,25)/t17-/m1/s1. The number of hydrogen-bond acceptors (Lipinski definition) is 3. The highest BCUT2D eigenvalue weighted by Gasteiger charge is 2.18. The van der Waals surface area contributed by atoms with Crippen molar-refractivity contribution in [1.29, 1.82) is 0 Å². The van der Waals surface area contributed by atoms with Crippen LogP contribution in [-0.2, 0) is 6.42 Å². The molecule has 0 saturated heterocycles. The van der Waals surface area contributed by atoms with Gasteiger partial charge in [0.25, 0.3) is 11.5 Å². The van der Waals surface area contributed by atoms with E-state index in [1.165, 1.54) is 42.5 Å². The van der Waals surface area contributed by atoms with Crippen LogP contribution in [0.25, 0.3) is 0 Å². The van der Waals surface area contributed by atoms with E-state index < -0.39 is 29.1 Å². The smallest absolute Gasteiger partial charge is 0.272 e. The average Bonchev–Trinajstić information content (AvgIpc) is 2.62. The van der Waals surface area contributed by atoms with E-state index >= 15 is 0 Å². The summed E-state index contributed by atoms with van der Waals surface area (Å²) in [5, 5.41) is 8.62. The molecule has 1 atom stereocenters. The molecule has 2 N–H and O–H groups in total. The predicted molar refractivity (Wildman–Crippen MR) is 91.6 cm³/mol. The van der Waals surface area contributed by atoms with E-state index in [2.05, 4.69) is 15.5 Å². The molecule has 1 amide bonds. The van der Waals surface area contributed by atoms with Crippen LogP contribution in [0.5, 0.6) is 0 Å². The number of rotatable bonds is 5. The van der Waals surface area contributed by atoms with Gasteiger partial charge in [-0.15, -0.1) is 0 Å². The molecule has 132 valence electrons. The first kappa shape index (κ1) is 17.5. The number of amides is 1. The van der Waals surface area contributed by atoms with Crippen LogP contribution in [0.4, 0.5) is 8.78 Å². The number of hydrogen-bond donors (Lipinski definition) is 2. The Morgan fingerprint density at radius 3 is 2.42 bits per heavy atom. The molecular formula is C19H15F2N3O2. The summed E-state index contributed by atoms with van der Waals surface area (Å²) in [7, 11) is 0. The van der Waals surface area contributed by atoms with Gasteiger partial charge < -0.3 is 5.32 Å². The zero-order valence-electron chi connectivity index (χ0n) is 13.6. The number of halogens is 2. The normalized spacial score (nSPS) is 11.8. The van der Waals surface area contributed by atoms with E-state index in [9.17, 15) is 18.4 Å². The fraction of sp³-hybridized carbons (Fsp3) is 0.105. The molecule has 1 aromatic heterocycles. The van der Waals surface area contributed by atoms with Crippen molar-refractivity contribution in [3.63, 3.8) is 0 Å². The number of nitrogens with zero attached hydrogens (tertiary/aromatic N) is 1. The number of carbonyl (C=O) groups is 1. The van der Waals surface area contributed by atoms with E-state index in [1.54, 1.807) is 18.2 Å². The Kier molecular flexibility index (Phi) is 5.17. The van der Waals surface area contributed by atoms with Crippen molar-refractivity contribution in [2.75, 3.05) is 0 Å². The zero-order valence-corrected chi connectivity index (χ0v) is 13.6. The highest BCUT2D eigenvalue weighted by atomic mass is 19.1. The highest BCUT2D eigenvalue weighted by Crippen LogP contribution is 2.20. The SMILES string of the molecule is O=C(N[C@H](Cc1cccc(F)c1)c1cccc(F)c1)c1ccc(=O)[nH]n1. The summed E-state index contributed by atoms with van der Waals surface area (Å²) >= 11 is 0. The van der Waals surface area contributed by atoms with E-state index in [0.29, 0.717) is 11.1 Å². The summed E-state index contributed by atoms with van der Waals surface area (Å²) in [6, 6.07) is 13.7. The second-order valence-electron chi connectivity index (χ2n) is 5.72. The zero-order chi connectivity index (χ0) is 18.5. The lowest BCUT2D eigenvalue weighted by Crippen LogP contribution is -2.31. The molecule has 0 saturated carbocycles. The van der Waals surface area contributed by atoms with Crippen LogP contribution in [-0.4, -0.2) is 16.1 Å². The van der Waals surface area contributed by atoms with Gasteiger partial charge in [-0.25, -0.2) is 13.9 Å². The van der Waals surface area contributed by atoms with Crippen molar-refractivity contribution in [3.8, 4) is 0 Å². The van der Waals surface area contributed by atoms with E-state index in [4.69, 9.17) is 0 Å². The molecule has 7 heteroatoms. The van der Waals surface area contributed by atoms with Crippen molar-refractivity contribution in [1.82, 2.24) is 15.5 Å². The van der Waals surface area contributed by atoms with E-state index in [1.807, 2.05) is 0 Å². The van der Waals surface area contributed by atoms with Crippen LogP contribution in [0, 0.1) is 11.6 Å². The second-order valence-corrected chi connectivity index (χ2v) is 5.72. The summed E-state index contributed by atoms with van der Waals surface area (Å²) in [5.41, 5.74) is 0.772. The van der Waals surface area contributed by atoms with Gasteiger partial charge >= 0.3 is 0 Å². The van der Waals surface area contributed by atoms with E-state index in [-0.39, 0.29) is 12.1 Å². The number of nitrogens with one attached hydrogen (secondary N) is 2. The third kappa shape index (κ3) is 4.38. The maximum atomic E-state index is 13.6. The average molecular weight is 355 g/mol. The molecule has 3 rings (SSSR count). The molecule has 26 heavy (non-hydrogen) atoms. The molecular weight excluding hydrogens is 340 g/mol. The fourth-order valence-corrected chi connectivity index (χ4v) is 2.58. The van der Waals surface area contributed by atoms with Crippen molar-refractivity contribution >= 4 is 5.91 Å². The van der Waals surface area contributed by atoms with Crippen molar-refractivity contribution in [2.45, 2.75) is 12.5 Å². The quantitative estimate of drug-likeness (QED) is 0.739. The third-order valence-electron chi connectivity index (χ3n) is 3.80. The number of aromatic amines is 1. The first-order valence-corrected chi connectivity index (χ1v) is 7.88. The van der Waals surface area contributed by atoms with Crippen LogP contribution in [0.3, 0.4) is 0 Å². The minimum absolute atomic E-state index is 0.0187. The molecule has 0 aliphatic rings. The third-order valence-corrected chi connectivity index (χ3v) is 3.80. The maximum Gasteiger partial charge on any atom is 0.272 e. The molecule has 0 spiro atoms. The molecule has 1 heterocycles. The minimum Gasteiger partial charge on any atom is -0.344 e. The maximum absolute atomic E-state index is 13.6. The van der Waals surface area contributed by atoms with Gasteiger partial charge in [-0.1, -0.05) is 24.3 Å². The Morgan fingerprint density at radius 2 is 1.77 bits per heavy atom. The summed E-state index contributed by atoms with van der Waals surface area (Å²) in [4.78, 5) is 23.5. The number of aromatic nitrogens is 2.